The summed E-state index contributed by atoms with van der Waals surface area (Å²) in [7, 11) is 0. The number of ether oxygens (including phenoxy) is 1. The third-order valence-electron chi connectivity index (χ3n) is 2.32. The smallest absolute Gasteiger partial charge is 0.139 e. The van der Waals surface area contributed by atoms with Crippen LogP contribution in [0.5, 0.6) is 5.75 Å². The second kappa shape index (κ2) is 5.01. The van der Waals surface area contributed by atoms with E-state index in [2.05, 4.69) is 9.97 Å². The average molecular weight is 232 g/mol. The molecule has 4 heteroatoms. The predicted molar refractivity (Wildman–Crippen MR) is 64.9 cm³/mol. The van der Waals surface area contributed by atoms with Gasteiger partial charge in [-0.05, 0) is 31.5 Å². The lowest BCUT2D eigenvalue weighted by Crippen LogP contribution is -2.07. The molecule has 0 amide bonds. The Morgan fingerprint density at radius 3 is 2.82 bits per heavy atom. The Balaban J connectivity index is 2.21. The lowest BCUT2D eigenvalue weighted by Gasteiger charge is -2.13. The van der Waals surface area contributed by atoms with Gasteiger partial charge in [0.15, 0.2) is 0 Å². The van der Waals surface area contributed by atoms with E-state index >= 15 is 0 Å². The largest absolute Gasteiger partial charge is 0.491 e. The van der Waals surface area contributed by atoms with Crippen LogP contribution in [-0.2, 0) is 0 Å². The van der Waals surface area contributed by atoms with Gasteiger partial charge in [-0.25, -0.2) is 4.98 Å². The first kappa shape index (κ1) is 11.7. The highest BCUT2D eigenvalue weighted by atomic mass is 16.5. The molecule has 0 aliphatic heterocycles. The van der Waals surface area contributed by atoms with Crippen LogP contribution in [0.4, 0.5) is 0 Å². The fourth-order valence-electron chi connectivity index (χ4n) is 1.61. The summed E-state index contributed by atoms with van der Waals surface area (Å²) in [5.74, 6) is 1.29. The van der Waals surface area contributed by atoms with Crippen LogP contribution in [-0.4, -0.2) is 21.2 Å². The maximum atomic E-state index is 10.1. The third kappa shape index (κ3) is 2.85. The SMILES string of the molecule is CC(C)Oc1cccc(C(O)c2ncc[nH]2)c1. The highest BCUT2D eigenvalue weighted by Gasteiger charge is 2.13. The minimum atomic E-state index is -0.749. The lowest BCUT2D eigenvalue weighted by molar-refractivity contribution is 0.208. The first-order valence-electron chi connectivity index (χ1n) is 5.61. The summed E-state index contributed by atoms with van der Waals surface area (Å²) >= 11 is 0. The Kier molecular flexibility index (Phi) is 3.44. The number of rotatable bonds is 4. The first-order chi connectivity index (χ1) is 8.16. The number of aliphatic hydroxyl groups is 1. The average Bonchev–Trinajstić information content (AvgIpc) is 2.81. The Labute approximate surface area is 100 Å². The van der Waals surface area contributed by atoms with E-state index in [1.807, 2.05) is 38.1 Å². The molecule has 0 fully saturated rings. The van der Waals surface area contributed by atoms with E-state index in [1.54, 1.807) is 12.4 Å². The van der Waals surface area contributed by atoms with Crippen molar-refractivity contribution in [1.29, 1.82) is 0 Å². The summed E-state index contributed by atoms with van der Waals surface area (Å²) in [5, 5.41) is 10.1. The van der Waals surface area contributed by atoms with Gasteiger partial charge >= 0.3 is 0 Å². The van der Waals surface area contributed by atoms with E-state index in [4.69, 9.17) is 4.74 Å². The number of imidazole rings is 1. The number of aliphatic hydroxyl groups excluding tert-OH is 1. The van der Waals surface area contributed by atoms with E-state index in [0.29, 0.717) is 5.82 Å². The number of nitrogens with zero attached hydrogens (tertiary/aromatic N) is 1. The van der Waals surface area contributed by atoms with Crippen LogP contribution in [0.3, 0.4) is 0 Å². The maximum Gasteiger partial charge on any atom is 0.139 e. The third-order valence-corrected chi connectivity index (χ3v) is 2.32. The van der Waals surface area contributed by atoms with E-state index in [-0.39, 0.29) is 6.10 Å². The monoisotopic (exact) mass is 232 g/mol. The van der Waals surface area contributed by atoms with E-state index in [0.717, 1.165) is 11.3 Å². The molecule has 0 radical (unpaired) electrons. The van der Waals surface area contributed by atoms with Crippen LogP contribution < -0.4 is 4.74 Å². The number of nitrogens with one attached hydrogen (secondary N) is 1. The molecule has 90 valence electrons. The van der Waals surface area contributed by atoms with E-state index < -0.39 is 6.10 Å². The quantitative estimate of drug-likeness (QED) is 0.850. The summed E-state index contributed by atoms with van der Waals surface area (Å²) in [6, 6.07) is 7.41. The lowest BCUT2D eigenvalue weighted by atomic mass is 10.1. The van der Waals surface area contributed by atoms with Gasteiger partial charge in [0.05, 0.1) is 6.10 Å². The fraction of sp³-hybridized carbons (Fsp3) is 0.308. The predicted octanol–water partition coefficient (Wildman–Crippen LogP) is 2.28. The first-order valence-corrected chi connectivity index (χ1v) is 5.61. The minimum absolute atomic E-state index is 0.117. The highest BCUT2D eigenvalue weighted by molar-refractivity contribution is 5.32. The van der Waals surface area contributed by atoms with Crippen LogP contribution in [0.15, 0.2) is 36.7 Å². The number of benzene rings is 1. The molecule has 1 aromatic carbocycles. The topological polar surface area (TPSA) is 58.1 Å². The summed E-state index contributed by atoms with van der Waals surface area (Å²) in [5.41, 5.74) is 0.762. The molecule has 0 saturated carbocycles. The molecule has 1 heterocycles. The van der Waals surface area contributed by atoms with Crippen molar-refractivity contribution < 1.29 is 9.84 Å². The van der Waals surface area contributed by atoms with Crippen LogP contribution >= 0.6 is 0 Å². The zero-order chi connectivity index (χ0) is 12.3. The van der Waals surface area contributed by atoms with Crippen molar-refractivity contribution in [3.05, 3.63) is 48.0 Å². The molecule has 2 aromatic rings. The molecular formula is C13H16N2O2. The van der Waals surface area contributed by atoms with Gasteiger partial charge in [-0.15, -0.1) is 0 Å². The van der Waals surface area contributed by atoms with Crippen molar-refractivity contribution in [3.8, 4) is 5.75 Å². The van der Waals surface area contributed by atoms with Gasteiger partial charge in [-0.2, -0.15) is 0 Å². The van der Waals surface area contributed by atoms with Gasteiger partial charge in [0.1, 0.15) is 17.7 Å². The molecule has 4 nitrogen and oxygen atoms in total. The van der Waals surface area contributed by atoms with E-state index in [9.17, 15) is 5.11 Å². The number of hydrogen-bond donors (Lipinski definition) is 2. The molecule has 0 saturated heterocycles. The van der Waals surface area contributed by atoms with Gasteiger partial charge in [-0.1, -0.05) is 12.1 Å². The molecule has 1 aromatic heterocycles. The van der Waals surface area contributed by atoms with Crippen LogP contribution in [0.2, 0.25) is 0 Å². The van der Waals surface area contributed by atoms with Crippen LogP contribution in [0, 0.1) is 0 Å². The molecule has 17 heavy (non-hydrogen) atoms. The summed E-state index contributed by atoms with van der Waals surface area (Å²) in [4.78, 5) is 6.93. The van der Waals surface area contributed by atoms with Crippen molar-refractivity contribution >= 4 is 0 Å². The van der Waals surface area contributed by atoms with Gasteiger partial charge in [0.2, 0.25) is 0 Å². The van der Waals surface area contributed by atoms with Crippen LogP contribution in [0.1, 0.15) is 31.3 Å². The maximum absolute atomic E-state index is 10.1. The number of aromatic amines is 1. The Morgan fingerprint density at radius 2 is 2.18 bits per heavy atom. The molecule has 0 bridgehead atoms. The van der Waals surface area contributed by atoms with Crippen molar-refractivity contribution in [2.45, 2.75) is 26.1 Å². The standard InChI is InChI=1S/C13H16N2O2/c1-9(2)17-11-5-3-4-10(8-11)12(16)13-14-6-7-15-13/h3-9,12,16H,1-2H3,(H,14,15). The number of aromatic nitrogens is 2. The van der Waals surface area contributed by atoms with Crippen molar-refractivity contribution in [1.82, 2.24) is 9.97 Å². The molecular weight excluding hydrogens is 216 g/mol. The normalized spacial score (nSPS) is 12.7. The molecule has 1 atom stereocenters. The summed E-state index contributed by atoms with van der Waals surface area (Å²) in [6.07, 6.45) is 2.67. The van der Waals surface area contributed by atoms with Crippen LogP contribution in [0.25, 0.3) is 0 Å². The Hall–Kier alpha value is -1.81. The minimum Gasteiger partial charge on any atom is -0.491 e. The fourth-order valence-corrected chi connectivity index (χ4v) is 1.61. The van der Waals surface area contributed by atoms with Crippen molar-refractivity contribution in [2.75, 3.05) is 0 Å². The van der Waals surface area contributed by atoms with E-state index in [1.165, 1.54) is 0 Å². The Morgan fingerprint density at radius 1 is 1.35 bits per heavy atom. The molecule has 0 aliphatic rings. The van der Waals surface area contributed by atoms with Gasteiger partial charge < -0.3 is 14.8 Å². The summed E-state index contributed by atoms with van der Waals surface area (Å²) < 4.78 is 5.58. The number of H-pyrrole nitrogens is 1. The van der Waals surface area contributed by atoms with Gasteiger partial charge in [0.25, 0.3) is 0 Å². The number of hydrogen-bond acceptors (Lipinski definition) is 3. The highest BCUT2D eigenvalue weighted by Crippen LogP contribution is 2.23. The zero-order valence-electron chi connectivity index (χ0n) is 9.92. The van der Waals surface area contributed by atoms with Gasteiger partial charge in [-0.3, -0.25) is 0 Å². The molecule has 0 spiro atoms. The second-order valence-corrected chi connectivity index (χ2v) is 4.12. The van der Waals surface area contributed by atoms with Crippen molar-refractivity contribution in [3.63, 3.8) is 0 Å². The Bertz CT molecular complexity index is 466. The molecule has 2 rings (SSSR count). The zero-order valence-corrected chi connectivity index (χ0v) is 9.92. The second-order valence-electron chi connectivity index (χ2n) is 4.12. The molecule has 1 unspecified atom stereocenters. The molecule has 0 aliphatic carbocycles. The van der Waals surface area contributed by atoms with Gasteiger partial charge in [0, 0.05) is 12.4 Å². The molecule has 2 N–H and O–H groups in total. The van der Waals surface area contributed by atoms with Crippen molar-refractivity contribution in [2.24, 2.45) is 0 Å². The summed E-state index contributed by atoms with van der Waals surface area (Å²) in [6.45, 7) is 3.94.